The Bertz CT molecular complexity index is 1020. The molecule has 0 spiro atoms. The molecule has 7 nitrogen and oxygen atoms in total. The Morgan fingerprint density at radius 3 is 2.67 bits per heavy atom. The quantitative estimate of drug-likeness (QED) is 0.508. The largest absolute Gasteiger partial charge is 0.497 e. The van der Waals surface area contributed by atoms with Crippen molar-refractivity contribution in [3.63, 3.8) is 0 Å². The minimum Gasteiger partial charge on any atom is -0.497 e. The molecular formula is C21H20N2O5S2. The third-order valence-corrected chi connectivity index (χ3v) is 5.89. The summed E-state index contributed by atoms with van der Waals surface area (Å²) < 4.78 is 10.5. The maximum absolute atomic E-state index is 12.7. The van der Waals surface area contributed by atoms with Crippen molar-refractivity contribution in [3.05, 3.63) is 52.9 Å². The highest BCUT2D eigenvalue weighted by atomic mass is 32.2. The molecular weight excluding hydrogens is 424 g/mol. The van der Waals surface area contributed by atoms with E-state index in [0.29, 0.717) is 22.7 Å². The fourth-order valence-electron chi connectivity index (χ4n) is 2.76. The number of nitrogens with one attached hydrogen (secondary N) is 1. The molecule has 30 heavy (non-hydrogen) atoms. The number of thioether (sulfide) groups is 2. The lowest BCUT2D eigenvalue weighted by Crippen LogP contribution is -2.36. The number of rotatable bonds is 7. The minimum atomic E-state index is -0.518. The number of ether oxygens (including phenoxy) is 2. The van der Waals surface area contributed by atoms with Crippen LogP contribution in [-0.2, 0) is 9.59 Å². The van der Waals surface area contributed by atoms with Crippen molar-refractivity contribution in [2.24, 2.45) is 0 Å². The zero-order valence-corrected chi connectivity index (χ0v) is 18.3. The Morgan fingerprint density at radius 1 is 1.17 bits per heavy atom. The molecule has 9 heteroatoms. The van der Waals surface area contributed by atoms with Crippen LogP contribution in [0.4, 0.5) is 10.5 Å². The van der Waals surface area contributed by atoms with Crippen molar-refractivity contribution in [1.82, 2.24) is 4.90 Å². The molecule has 1 aliphatic heterocycles. The first-order valence-corrected chi connectivity index (χ1v) is 10.9. The number of amides is 3. The van der Waals surface area contributed by atoms with Crippen LogP contribution < -0.4 is 14.8 Å². The zero-order valence-electron chi connectivity index (χ0n) is 16.6. The smallest absolute Gasteiger partial charge is 0.294 e. The Morgan fingerprint density at radius 2 is 1.97 bits per heavy atom. The molecule has 1 saturated heterocycles. The van der Waals surface area contributed by atoms with E-state index in [1.165, 1.54) is 7.11 Å². The number of methoxy groups -OCH3 is 2. The first kappa shape index (κ1) is 21.8. The Hall–Kier alpha value is -2.91. The summed E-state index contributed by atoms with van der Waals surface area (Å²) >= 11 is 2.34. The SMILES string of the molecule is COc1ccc(/C=C2/SC(=O)N(CC(=O)Nc3cccc(SC)c3)C2=O)c(OC)c1. The molecule has 1 N–H and O–H groups in total. The number of carbonyl (C=O) groups is 3. The van der Waals surface area contributed by atoms with Gasteiger partial charge in [0.25, 0.3) is 11.1 Å². The van der Waals surface area contributed by atoms with Crippen molar-refractivity contribution < 1.29 is 23.9 Å². The molecule has 2 aromatic carbocycles. The maximum Gasteiger partial charge on any atom is 0.294 e. The van der Waals surface area contributed by atoms with Gasteiger partial charge in [0.15, 0.2) is 0 Å². The second kappa shape index (κ2) is 9.73. The Labute approximate surface area is 182 Å². The summed E-state index contributed by atoms with van der Waals surface area (Å²) in [6.07, 6.45) is 3.51. The van der Waals surface area contributed by atoms with E-state index >= 15 is 0 Å². The van der Waals surface area contributed by atoms with E-state index in [4.69, 9.17) is 9.47 Å². The van der Waals surface area contributed by atoms with Crippen LogP contribution >= 0.6 is 23.5 Å². The molecule has 0 aliphatic carbocycles. The third kappa shape index (κ3) is 4.98. The Kier molecular flexibility index (Phi) is 7.07. The first-order chi connectivity index (χ1) is 14.4. The summed E-state index contributed by atoms with van der Waals surface area (Å²) in [5, 5.41) is 2.23. The minimum absolute atomic E-state index is 0.223. The third-order valence-electron chi connectivity index (χ3n) is 4.26. The van der Waals surface area contributed by atoms with Gasteiger partial charge in [-0.3, -0.25) is 19.3 Å². The number of nitrogens with zero attached hydrogens (tertiary/aromatic N) is 1. The number of hydrogen-bond donors (Lipinski definition) is 1. The molecule has 0 bridgehead atoms. The highest BCUT2D eigenvalue weighted by molar-refractivity contribution is 8.18. The van der Waals surface area contributed by atoms with Gasteiger partial charge in [0.1, 0.15) is 18.0 Å². The molecule has 0 saturated carbocycles. The van der Waals surface area contributed by atoms with Crippen molar-refractivity contribution in [1.29, 1.82) is 0 Å². The molecule has 0 radical (unpaired) electrons. The normalized spacial score (nSPS) is 14.9. The van der Waals surface area contributed by atoms with Crippen LogP contribution in [-0.4, -0.2) is 49.0 Å². The monoisotopic (exact) mass is 444 g/mol. The van der Waals surface area contributed by atoms with E-state index in [1.807, 2.05) is 24.5 Å². The highest BCUT2D eigenvalue weighted by Gasteiger charge is 2.36. The van der Waals surface area contributed by atoms with Gasteiger partial charge < -0.3 is 14.8 Å². The van der Waals surface area contributed by atoms with Crippen LogP contribution in [0.3, 0.4) is 0 Å². The molecule has 3 rings (SSSR count). The molecule has 0 atom stereocenters. The van der Waals surface area contributed by atoms with E-state index in [9.17, 15) is 14.4 Å². The number of carbonyl (C=O) groups excluding carboxylic acids is 3. The van der Waals surface area contributed by atoms with Crippen LogP contribution in [0.15, 0.2) is 52.3 Å². The molecule has 0 aromatic heterocycles. The zero-order chi connectivity index (χ0) is 21.7. The fraction of sp³-hybridized carbons (Fsp3) is 0.190. The predicted molar refractivity (Wildman–Crippen MR) is 119 cm³/mol. The number of anilines is 1. The fourth-order valence-corrected chi connectivity index (χ4v) is 4.05. The highest BCUT2D eigenvalue weighted by Crippen LogP contribution is 2.35. The van der Waals surface area contributed by atoms with Crippen LogP contribution in [0.1, 0.15) is 5.56 Å². The van der Waals surface area contributed by atoms with Crippen molar-refractivity contribution in [2.45, 2.75) is 4.90 Å². The Balaban J connectivity index is 1.73. The summed E-state index contributed by atoms with van der Waals surface area (Å²) in [7, 11) is 3.05. The van der Waals surface area contributed by atoms with Crippen LogP contribution in [0.5, 0.6) is 11.5 Å². The summed E-state index contributed by atoms with van der Waals surface area (Å²) in [6.45, 7) is -0.356. The van der Waals surface area contributed by atoms with Gasteiger partial charge in [-0.15, -0.1) is 11.8 Å². The predicted octanol–water partition coefficient (Wildman–Crippen LogP) is 4.10. The average Bonchev–Trinajstić information content (AvgIpc) is 3.01. The van der Waals surface area contributed by atoms with E-state index in [2.05, 4.69) is 5.32 Å². The van der Waals surface area contributed by atoms with E-state index in [-0.39, 0.29) is 11.4 Å². The van der Waals surface area contributed by atoms with Crippen LogP contribution in [0, 0.1) is 0 Å². The summed E-state index contributed by atoms with van der Waals surface area (Å²) in [6, 6.07) is 12.5. The lowest BCUT2D eigenvalue weighted by atomic mass is 10.1. The van der Waals surface area contributed by atoms with Crippen molar-refractivity contribution >= 4 is 52.3 Å². The molecule has 3 amide bonds. The molecule has 0 unspecified atom stereocenters. The summed E-state index contributed by atoms with van der Waals surface area (Å²) in [4.78, 5) is 39.5. The van der Waals surface area contributed by atoms with Gasteiger partial charge in [-0.2, -0.15) is 0 Å². The van der Waals surface area contributed by atoms with E-state index in [0.717, 1.165) is 21.6 Å². The molecule has 1 heterocycles. The molecule has 2 aromatic rings. The second-order valence-electron chi connectivity index (χ2n) is 6.16. The van der Waals surface area contributed by atoms with E-state index in [1.54, 1.807) is 49.2 Å². The standard InChI is InChI=1S/C21H20N2O5S2/c1-27-15-8-7-13(17(11-15)28-2)9-18-20(25)23(21(26)30-18)12-19(24)22-14-5-4-6-16(10-14)29-3/h4-11H,12H2,1-3H3,(H,22,24)/b18-9+. The van der Waals surface area contributed by atoms with Crippen LogP contribution in [0.25, 0.3) is 6.08 Å². The summed E-state index contributed by atoms with van der Waals surface area (Å²) in [5.74, 6) is 0.154. The van der Waals surface area contributed by atoms with Gasteiger partial charge in [-0.1, -0.05) is 6.07 Å². The second-order valence-corrected chi connectivity index (χ2v) is 8.03. The lowest BCUT2D eigenvalue weighted by molar-refractivity contribution is -0.127. The van der Waals surface area contributed by atoms with Gasteiger partial charge in [0.2, 0.25) is 5.91 Å². The van der Waals surface area contributed by atoms with Crippen molar-refractivity contribution in [3.8, 4) is 11.5 Å². The van der Waals surface area contributed by atoms with Gasteiger partial charge in [-0.25, -0.2) is 0 Å². The number of imide groups is 1. The van der Waals surface area contributed by atoms with Gasteiger partial charge in [0, 0.05) is 22.2 Å². The van der Waals surface area contributed by atoms with E-state index < -0.39 is 17.1 Å². The van der Waals surface area contributed by atoms with Gasteiger partial charge >= 0.3 is 0 Å². The molecule has 1 fully saturated rings. The maximum atomic E-state index is 12.7. The number of benzene rings is 2. The topological polar surface area (TPSA) is 84.9 Å². The lowest BCUT2D eigenvalue weighted by Gasteiger charge is -2.13. The first-order valence-electron chi connectivity index (χ1n) is 8.86. The number of hydrogen-bond acceptors (Lipinski definition) is 7. The average molecular weight is 445 g/mol. The van der Waals surface area contributed by atoms with Gasteiger partial charge in [0.05, 0.1) is 19.1 Å². The molecule has 1 aliphatic rings. The van der Waals surface area contributed by atoms with Crippen LogP contribution in [0.2, 0.25) is 0 Å². The van der Waals surface area contributed by atoms with Gasteiger partial charge in [-0.05, 0) is 54.4 Å². The molecule has 156 valence electrons. The van der Waals surface area contributed by atoms with Crippen molar-refractivity contribution in [2.75, 3.05) is 32.3 Å². The summed E-state index contributed by atoms with van der Waals surface area (Å²) in [5.41, 5.74) is 1.24.